The lowest BCUT2D eigenvalue weighted by Crippen LogP contribution is -2.47. The number of hydrogen-bond acceptors (Lipinski definition) is 3. The first-order valence-electron chi connectivity index (χ1n) is 3.43. The van der Waals surface area contributed by atoms with E-state index in [-0.39, 0.29) is 0 Å². The van der Waals surface area contributed by atoms with E-state index in [0.29, 0.717) is 23.5 Å². The third kappa shape index (κ3) is 1.49. The summed E-state index contributed by atoms with van der Waals surface area (Å²) in [5, 5.41) is 3.04. The summed E-state index contributed by atoms with van der Waals surface area (Å²) in [5.74, 6) is 1.08. The van der Waals surface area contributed by atoms with Crippen molar-refractivity contribution in [1.82, 2.24) is 5.32 Å². The van der Waals surface area contributed by atoms with Crippen molar-refractivity contribution in [1.29, 1.82) is 0 Å². The summed E-state index contributed by atoms with van der Waals surface area (Å²) in [5.41, 5.74) is 0. The molecular formula is C6H13NO2S. The van der Waals surface area contributed by atoms with E-state index in [9.17, 15) is 8.42 Å². The van der Waals surface area contributed by atoms with Gasteiger partial charge in [-0.25, -0.2) is 8.42 Å². The molecule has 1 saturated heterocycles. The molecule has 0 aliphatic carbocycles. The minimum atomic E-state index is -2.63. The van der Waals surface area contributed by atoms with Gasteiger partial charge >= 0.3 is 0 Å². The minimum Gasteiger partial charge on any atom is -0.317 e. The standard InChI is InChI=1S/C6H13NO2S/c1-5(7-2)6-3-10(8,9)4-6/h5-7H,3-4H2,1-2H3. The quantitative estimate of drug-likeness (QED) is 0.604. The largest absolute Gasteiger partial charge is 0.317 e. The Morgan fingerprint density at radius 2 is 2.00 bits per heavy atom. The monoisotopic (exact) mass is 163 g/mol. The highest BCUT2D eigenvalue weighted by molar-refractivity contribution is 7.92. The molecule has 0 saturated carbocycles. The molecule has 0 radical (unpaired) electrons. The van der Waals surface area contributed by atoms with Gasteiger partial charge in [0.15, 0.2) is 9.84 Å². The molecule has 1 aliphatic heterocycles. The Bertz CT molecular complexity index is 198. The number of nitrogens with one attached hydrogen (secondary N) is 1. The van der Waals surface area contributed by atoms with Crippen molar-refractivity contribution in [2.24, 2.45) is 5.92 Å². The maximum Gasteiger partial charge on any atom is 0.151 e. The number of rotatable bonds is 2. The van der Waals surface area contributed by atoms with Crippen molar-refractivity contribution in [3.8, 4) is 0 Å². The van der Waals surface area contributed by atoms with Gasteiger partial charge in [-0.3, -0.25) is 0 Å². The Balaban J connectivity index is 2.40. The molecule has 1 rings (SSSR count). The van der Waals surface area contributed by atoms with Gasteiger partial charge < -0.3 is 5.32 Å². The van der Waals surface area contributed by atoms with Gasteiger partial charge in [-0.05, 0) is 14.0 Å². The molecule has 1 unspecified atom stereocenters. The zero-order chi connectivity index (χ0) is 7.78. The first kappa shape index (κ1) is 8.01. The molecule has 1 N–H and O–H groups in total. The lowest BCUT2D eigenvalue weighted by molar-refractivity contribution is 0.422. The van der Waals surface area contributed by atoms with Gasteiger partial charge in [0.25, 0.3) is 0 Å². The zero-order valence-corrected chi connectivity index (χ0v) is 7.11. The summed E-state index contributed by atoms with van der Waals surface area (Å²) in [6, 6.07) is 0.337. The summed E-state index contributed by atoms with van der Waals surface area (Å²) < 4.78 is 21.4. The number of sulfone groups is 1. The molecule has 3 nitrogen and oxygen atoms in total. The van der Waals surface area contributed by atoms with Crippen LogP contribution in [-0.2, 0) is 9.84 Å². The van der Waals surface area contributed by atoms with Gasteiger partial charge in [0.05, 0.1) is 11.5 Å². The van der Waals surface area contributed by atoms with Crippen LogP contribution < -0.4 is 5.32 Å². The summed E-state index contributed by atoms with van der Waals surface area (Å²) in [7, 11) is -0.769. The van der Waals surface area contributed by atoms with Gasteiger partial charge in [-0.1, -0.05) is 0 Å². The summed E-state index contributed by atoms with van der Waals surface area (Å²) in [6.45, 7) is 2.01. The van der Waals surface area contributed by atoms with E-state index in [1.54, 1.807) is 0 Å². The highest BCUT2D eigenvalue weighted by Crippen LogP contribution is 2.20. The van der Waals surface area contributed by atoms with Crippen LogP contribution in [0.5, 0.6) is 0 Å². The maximum absolute atomic E-state index is 10.7. The molecule has 1 heterocycles. The molecule has 0 bridgehead atoms. The van der Waals surface area contributed by atoms with Crippen LogP contribution in [0.15, 0.2) is 0 Å². The van der Waals surface area contributed by atoms with Gasteiger partial charge in [-0.15, -0.1) is 0 Å². The van der Waals surface area contributed by atoms with Crippen molar-refractivity contribution >= 4 is 9.84 Å². The van der Waals surface area contributed by atoms with E-state index < -0.39 is 9.84 Å². The third-order valence-corrected chi connectivity index (χ3v) is 3.97. The van der Waals surface area contributed by atoms with Crippen LogP contribution in [0.25, 0.3) is 0 Å². The van der Waals surface area contributed by atoms with Gasteiger partial charge in [0, 0.05) is 12.0 Å². The highest BCUT2D eigenvalue weighted by atomic mass is 32.2. The Morgan fingerprint density at radius 3 is 2.30 bits per heavy atom. The van der Waals surface area contributed by atoms with Crippen LogP contribution in [0.1, 0.15) is 6.92 Å². The number of hydrogen-bond donors (Lipinski definition) is 1. The molecule has 1 aliphatic rings. The first-order valence-corrected chi connectivity index (χ1v) is 5.25. The molecule has 60 valence electrons. The molecule has 0 aromatic carbocycles. The summed E-state index contributed by atoms with van der Waals surface area (Å²) in [6.07, 6.45) is 0. The Morgan fingerprint density at radius 1 is 1.50 bits per heavy atom. The minimum absolute atomic E-state index is 0.337. The summed E-state index contributed by atoms with van der Waals surface area (Å²) in [4.78, 5) is 0. The lowest BCUT2D eigenvalue weighted by Gasteiger charge is -2.30. The van der Waals surface area contributed by atoms with Crippen LogP contribution in [-0.4, -0.2) is 33.0 Å². The van der Waals surface area contributed by atoms with Gasteiger partial charge in [-0.2, -0.15) is 0 Å². The molecule has 0 spiro atoms. The molecule has 0 aromatic heterocycles. The summed E-state index contributed by atoms with van der Waals surface area (Å²) >= 11 is 0. The molecule has 10 heavy (non-hydrogen) atoms. The Hall–Kier alpha value is -0.0900. The van der Waals surface area contributed by atoms with Crippen molar-refractivity contribution in [2.75, 3.05) is 18.6 Å². The lowest BCUT2D eigenvalue weighted by atomic mass is 10.1. The van der Waals surface area contributed by atoms with Gasteiger partial charge in [0.1, 0.15) is 0 Å². The second-order valence-electron chi connectivity index (χ2n) is 2.91. The molecular weight excluding hydrogens is 150 g/mol. The first-order chi connectivity index (χ1) is 4.55. The van der Waals surface area contributed by atoms with E-state index in [2.05, 4.69) is 5.32 Å². The van der Waals surface area contributed by atoms with E-state index in [1.807, 2.05) is 14.0 Å². The van der Waals surface area contributed by atoms with Crippen molar-refractivity contribution in [3.63, 3.8) is 0 Å². The van der Waals surface area contributed by atoms with E-state index in [1.165, 1.54) is 0 Å². The van der Waals surface area contributed by atoms with Crippen molar-refractivity contribution in [2.45, 2.75) is 13.0 Å². The van der Waals surface area contributed by atoms with E-state index in [0.717, 1.165) is 0 Å². The fourth-order valence-electron chi connectivity index (χ4n) is 1.13. The van der Waals surface area contributed by atoms with E-state index in [4.69, 9.17) is 0 Å². The smallest absolute Gasteiger partial charge is 0.151 e. The van der Waals surface area contributed by atoms with Crippen LogP contribution in [0, 0.1) is 5.92 Å². The molecule has 1 fully saturated rings. The van der Waals surface area contributed by atoms with Crippen LogP contribution in [0.4, 0.5) is 0 Å². The predicted octanol–water partition coefficient (Wildman–Crippen LogP) is -0.361. The molecule has 0 aromatic rings. The van der Waals surface area contributed by atoms with Crippen LogP contribution in [0.2, 0.25) is 0 Å². The highest BCUT2D eigenvalue weighted by Gasteiger charge is 2.36. The fourth-order valence-corrected chi connectivity index (χ4v) is 2.91. The average Bonchev–Trinajstić information content (AvgIpc) is 1.81. The molecule has 1 atom stereocenters. The fraction of sp³-hybridized carbons (Fsp3) is 1.00. The average molecular weight is 163 g/mol. The Labute approximate surface area is 61.7 Å². The normalized spacial score (nSPS) is 27.4. The SMILES string of the molecule is CNC(C)C1CS(=O)(=O)C1. The second-order valence-corrected chi connectivity index (χ2v) is 5.07. The Kier molecular flexibility index (Phi) is 2.01. The molecule has 4 heteroatoms. The van der Waals surface area contributed by atoms with E-state index >= 15 is 0 Å². The topological polar surface area (TPSA) is 46.2 Å². The molecule has 0 amide bonds. The third-order valence-electron chi connectivity index (χ3n) is 2.10. The van der Waals surface area contributed by atoms with Crippen molar-refractivity contribution in [3.05, 3.63) is 0 Å². The van der Waals surface area contributed by atoms with Gasteiger partial charge in [0.2, 0.25) is 0 Å². The van der Waals surface area contributed by atoms with Crippen LogP contribution in [0.3, 0.4) is 0 Å². The maximum atomic E-state index is 10.7. The van der Waals surface area contributed by atoms with Crippen molar-refractivity contribution < 1.29 is 8.42 Å². The second kappa shape index (κ2) is 2.51. The van der Waals surface area contributed by atoms with Crippen LogP contribution >= 0.6 is 0 Å². The zero-order valence-electron chi connectivity index (χ0n) is 6.29. The predicted molar refractivity (Wildman–Crippen MR) is 40.7 cm³/mol.